The van der Waals surface area contributed by atoms with Gasteiger partial charge in [0.05, 0.1) is 5.56 Å². The number of nitrogen functional groups attached to an aromatic ring is 1. The van der Waals surface area contributed by atoms with E-state index in [2.05, 4.69) is 15.3 Å². The third-order valence-electron chi connectivity index (χ3n) is 5.78. The maximum absolute atomic E-state index is 12.5. The SMILES string of the molecule is Cc1cnc2c(c1)nc(-c1cccnc1N)n2-c1ccc(CNC(=O)c2ccc(Cl)c(C)c2)cc1. The number of hydrogen-bond acceptors (Lipinski definition) is 5. The van der Waals surface area contributed by atoms with Crippen molar-refractivity contribution in [3.8, 4) is 17.1 Å². The van der Waals surface area contributed by atoms with Crippen LogP contribution in [0.3, 0.4) is 0 Å². The Balaban J connectivity index is 1.45. The molecule has 5 rings (SSSR count). The Bertz CT molecular complexity index is 1560. The fraction of sp³-hybridized carbons (Fsp3) is 0.111. The van der Waals surface area contributed by atoms with Gasteiger partial charge in [0, 0.05) is 35.2 Å². The standard InChI is InChI=1S/C27H23ClN6O/c1-16-12-23-26(31-14-16)34(25(33-23)21-4-3-11-30-24(21)29)20-8-5-18(6-9-20)15-32-27(35)19-7-10-22(28)17(2)13-19/h3-14H,15H2,1-2H3,(H2,29,30)(H,32,35). The summed E-state index contributed by atoms with van der Waals surface area (Å²) in [5.41, 5.74) is 12.7. The van der Waals surface area contributed by atoms with Crippen molar-refractivity contribution in [2.24, 2.45) is 0 Å². The summed E-state index contributed by atoms with van der Waals surface area (Å²) in [7, 11) is 0. The Hall–Kier alpha value is -4.23. The molecule has 0 fully saturated rings. The van der Waals surface area contributed by atoms with E-state index >= 15 is 0 Å². The maximum Gasteiger partial charge on any atom is 0.251 e. The average molecular weight is 483 g/mol. The molecule has 35 heavy (non-hydrogen) atoms. The molecule has 3 heterocycles. The second-order valence-electron chi connectivity index (χ2n) is 8.38. The molecule has 0 unspecified atom stereocenters. The number of nitrogens with two attached hydrogens (primary N) is 1. The van der Waals surface area contributed by atoms with Crippen molar-refractivity contribution in [1.29, 1.82) is 0 Å². The van der Waals surface area contributed by atoms with E-state index in [4.69, 9.17) is 22.3 Å². The van der Waals surface area contributed by atoms with Gasteiger partial charge in [0.2, 0.25) is 0 Å². The predicted molar refractivity (Wildman–Crippen MR) is 139 cm³/mol. The van der Waals surface area contributed by atoms with Crippen LogP contribution < -0.4 is 11.1 Å². The first-order chi connectivity index (χ1) is 16.9. The van der Waals surface area contributed by atoms with E-state index in [1.165, 1.54) is 0 Å². The molecule has 1 amide bonds. The number of carbonyl (C=O) groups is 1. The van der Waals surface area contributed by atoms with Crippen molar-refractivity contribution < 1.29 is 4.79 Å². The van der Waals surface area contributed by atoms with E-state index in [-0.39, 0.29) is 5.91 Å². The topological polar surface area (TPSA) is 98.7 Å². The number of amides is 1. The molecule has 2 aromatic carbocycles. The van der Waals surface area contributed by atoms with Crippen molar-refractivity contribution in [3.05, 3.63) is 100 Å². The van der Waals surface area contributed by atoms with Crippen LogP contribution in [0.1, 0.15) is 27.0 Å². The summed E-state index contributed by atoms with van der Waals surface area (Å²) in [6.07, 6.45) is 3.47. The lowest BCUT2D eigenvalue weighted by atomic mass is 10.1. The minimum atomic E-state index is -0.150. The number of halogens is 1. The second-order valence-corrected chi connectivity index (χ2v) is 8.78. The molecule has 0 aliphatic rings. The van der Waals surface area contributed by atoms with Gasteiger partial charge in [0.15, 0.2) is 11.5 Å². The van der Waals surface area contributed by atoms with Crippen LogP contribution in [0.4, 0.5) is 5.82 Å². The lowest BCUT2D eigenvalue weighted by molar-refractivity contribution is 0.0951. The molecule has 3 N–H and O–H groups in total. The number of rotatable bonds is 5. The first-order valence-corrected chi connectivity index (χ1v) is 11.5. The van der Waals surface area contributed by atoms with Crippen LogP contribution >= 0.6 is 11.6 Å². The molecule has 7 nitrogen and oxygen atoms in total. The Morgan fingerprint density at radius 2 is 1.86 bits per heavy atom. The van der Waals surface area contributed by atoms with Crippen LogP contribution in [0.2, 0.25) is 5.02 Å². The minimum absolute atomic E-state index is 0.150. The van der Waals surface area contributed by atoms with Crippen molar-refractivity contribution in [2.45, 2.75) is 20.4 Å². The van der Waals surface area contributed by atoms with Gasteiger partial charge in [0.25, 0.3) is 5.91 Å². The number of fused-ring (bicyclic) bond motifs is 1. The van der Waals surface area contributed by atoms with Gasteiger partial charge in [-0.25, -0.2) is 15.0 Å². The normalized spacial score (nSPS) is 11.1. The Labute approximate surface area is 207 Å². The van der Waals surface area contributed by atoms with Crippen LogP contribution in [0.5, 0.6) is 0 Å². The van der Waals surface area contributed by atoms with E-state index in [1.807, 2.05) is 67.1 Å². The molecule has 0 spiro atoms. The molecule has 0 radical (unpaired) electrons. The summed E-state index contributed by atoms with van der Waals surface area (Å²) in [6.45, 7) is 4.25. The largest absolute Gasteiger partial charge is 0.383 e. The van der Waals surface area contributed by atoms with Gasteiger partial charge in [0.1, 0.15) is 11.3 Å². The smallest absolute Gasteiger partial charge is 0.251 e. The highest BCUT2D eigenvalue weighted by molar-refractivity contribution is 6.31. The Morgan fingerprint density at radius 3 is 2.60 bits per heavy atom. The van der Waals surface area contributed by atoms with Gasteiger partial charge in [-0.1, -0.05) is 23.7 Å². The van der Waals surface area contributed by atoms with Crippen molar-refractivity contribution in [2.75, 3.05) is 5.73 Å². The Kier molecular flexibility index (Phi) is 5.93. The lowest BCUT2D eigenvalue weighted by Gasteiger charge is -2.11. The van der Waals surface area contributed by atoms with E-state index in [9.17, 15) is 4.79 Å². The van der Waals surface area contributed by atoms with Crippen LogP contribution in [0, 0.1) is 13.8 Å². The van der Waals surface area contributed by atoms with Gasteiger partial charge in [-0.3, -0.25) is 9.36 Å². The molecule has 8 heteroatoms. The van der Waals surface area contributed by atoms with E-state index in [1.54, 1.807) is 24.4 Å². The molecule has 3 aromatic heterocycles. The highest BCUT2D eigenvalue weighted by atomic mass is 35.5. The number of nitrogens with zero attached hydrogens (tertiary/aromatic N) is 4. The number of pyridine rings is 2. The van der Waals surface area contributed by atoms with E-state index < -0.39 is 0 Å². The van der Waals surface area contributed by atoms with Gasteiger partial charge in [-0.2, -0.15) is 0 Å². The fourth-order valence-electron chi connectivity index (χ4n) is 3.93. The summed E-state index contributed by atoms with van der Waals surface area (Å²) >= 11 is 6.07. The van der Waals surface area contributed by atoms with Gasteiger partial charge >= 0.3 is 0 Å². The molecule has 0 aliphatic heterocycles. The molecule has 5 aromatic rings. The molecule has 0 saturated carbocycles. The quantitative estimate of drug-likeness (QED) is 0.356. The third-order valence-corrected chi connectivity index (χ3v) is 6.21. The van der Waals surface area contributed by atoms with Crippen molar-refractivity contribution in [3.63, 3.8) is 0 Å². The predicted octanol–water partition coefficient (Wildman–Crippen LogP) is 5.26. The summed E-state index contributed by atoms with van der Waals surface area (Å²) in [6, 6.07) is 18.9. The number of aromatic nitrogens is 4. The van der Waals surface area contributed by atoms with E-state index in [0.29, 0.717) is 28.8 Å². The van der Waals surface area contributed by atoms with Crippen molar-refractivity contribution >= 4 is 34.5 Å². The summed E-state index contributed by atoms with van der Waals surface area (Å²) < 4.78 is 1.97. The first kappa shape index (κ1) is 22.6. The number of hydrogen-bond donors (Lipinski definition) is 2. The molecular formula is C27H23ClN6O. The molecule has 0 saturated heterocycles. The van der Waals surface area contributed by atoms with Crippen LogP contribution in [0.15, 0.2) is 73.1 Å². The van der Waals surface area contributed by atoms with Crippen LogP contribution in [-0.2, 0) is 6.54 Å². The molecular weight excluding hydrogens is 460 g/mol. The lowest BCUT2D eigenvalue weighted by Crippen LogP contribution is -2.22. The molecule has 0 aliphatic carbocycles. The highest BCUT2D eigenvalue weighted by Crippen LogP contribution is 2.30. The van der Waals surface area contributed by atoms with Gasteiger partial charge in [-0.05, 0) is 79.1 Å². The van der Waals surface area contributed by atoms with Crippen LogP contribution in [-0.4, -0.2) is 25.4 Å². The number of nitrogens with one attached hydrogen (secondary N) is 1. The fourth-order valence-corrected chi connectivity index (χ4v) is 4.05. The monoisotopic (exact) mass is 482 g/mol. The average Bonchev–Trinajstić information content (AvgIpc) is 3.23. The number of carbonyl (C=O) groups excluding carboxylic acids is 1. The number of imidazole rings is 1. The second kappa shape index (κ2) is 9.19. The summed E-state index contributed by atoms with van der Waals surface area (Å²) in [4.78, 5) is 26.2. The number of benzene rings is 2. The molecule has 174 valence electrons. The maximum atomic E-state index is 12.5. The molecule has 0 bridgehead atoms. The summed E-state index contributed by atoms with van der Waals surface area (Å²) in [5.74, 6) is 0.920. The zero-order valence-corrected chi connectivity index (χ0v) is 20.0. The Morgan fingerprint density at radius 1 is 1.06 bits per heavy atom. The van der Waals surface area contributed by atoms with E-state index in [0.717, 1.165) is 39.1 Å². The third kappa shape index (κ3) is 4.46. The number of aryl methyl sites for hydroxylation is 2. The van der Waals surface area contributed by atoms with Crippen LogP contribution in [0.25, 0.3) is 28.2 Å². The first-order valence-electron chi connectivity index (χ1n) is 11.1. The molecule has 0 atom stereocenters. The van der Waals surface area contributed by atoms with Gasteiger partial charge < -0.3 is 11.1 Å². The zero-order chi connectivity index (χ0) is 24.5. The highest BCUT2D eigenvalue weighted by Gasteiger charge is 2.18. The zero-order valence-electron chi connectivity index (χ0n) is 19.3. The van der Waals surface area contributed by atoms with Gasteiger partial charge in [-0.15, -0.1) is 0 Å². The van der Waals surface area contributed by atoms with Crippen molar-refractivity contribution in [1.82, 2.24) is 24.8 Å². The number of anilines is 1. The minimum Gasteiger partial charge on any atom is -0.383 e. The summed E-state index contributed by atoms with van der Waals surface area (Å²) in [5, 5.41) is 3.60.